The molecule has 14 nitrogen and oxygen atoms in total. The van der Waals surface area contributed by atoms with Crippen LogP contribution in [0.5, 0.6) is 23.0 Å². The number of allylic oxidation sites excluding steroid dienone is 2. The van der Waals surface area contributed by atoms with Gasteiger partial charge in [-0.1, -0.05) is 23.3 Å². The molecular formula is C43H37ClN4O10S. The Morgan fingerprint density at radius 2 is 1.69 bits per heavy atom. The first-order valence-electron chi connectivity index (χ1n) is 18.8. The lowest BCUT2D eigenvalue weighted by Gasteiger charge is -2.49. The molecule has 3 fully saturated rings. The zero-order valence-electron chi connectivity index (χ0n) is 32.3. The number of imide groups is 2. The molecule has 16 heteroatoms. The van der Waals surface area contributed by atoms with Gasteiger partial charge in [0.25, 0.3) is 0 Å². The van der Waals surface area contributed by atoms with Crippen molar-refractivity contribution in [3.05, 3.63) is 88.0 Å². The molecule has 3 N–H and O–H groups in total. The van der Waals surface area contributed by atoms with Crippen LogP contribution in [0.25, 0.3) is 20.7 Å². The van der Waals surface area contributed by atoms with Crippen LogP contribution in [-0.2, 0) is 26.2 Å². The summed E-state index contributed by atoms with van der Waals surface area (Å²) in [7, 11) is 4.51. The fourth-order valence-corrected chi connectivity index (χ4v) is 11.3. The molecule has 4 aliphatic rings. The summed E-state index contributed by atoms with van der Waals surface area (Å²) in [5.74, 6) is -8.31. The Kier molecular flexibility index (Phi) is 8.72. The van der Waals surface area contributed by atoms with Crippen LogP contribution in [0.4, 0.5) is 11.5 Å². The molecule has 2 aliphatic carbocycles. The molecule has 0 radical (unpaired) electrons. The van der Waals surface area contributed by atoms with Gasteiger partial charge >= 0.3 is 5.97 Å². The minimum absolute atomic E-state index is 0.00685. The Morgan fingerprint density at radius 3 is 2.39 bits per heavy atom. The van der Waals surface area contributed by atoms with Crippen molar-refractivity contribution in [3.8, 4) is 33.6 Å². The highest BCUT2D eigenvalue weighted by molar-refractivity contribution is 7.22. The van der Waals surface area contributed by atoms with E-state index in [9.17, 15) is 29.7 Å². The van der Waals surface area contributed by atoms with E-state index >= 15 is 9.59 Å². The lowest BCUT2D eigenvalue weighted by molar-refractivity contribution is -0.131. The number of anilines is 2. The monoisotopic (exact) mass is 836 g/mol. The predicted molar refractivity (Wildman–Crippen MR) is 217 cm³/mol. The molecule has 5 aromatic rings. The Morgan fingerprint density at radius 1 is 0.932 bits per heavy atom. The molecular weight excluding hydrogens is 800 g/mol. The summed E-state index contributed by atoms with van der Waals surface area (Å²) in [5.41, 5.74) is 0.422. The van der Waals surface area contributed by atoms with E-state index in [2.05, 4.69) is 0 Å². The number of aryl methyl sites for hydroxylation is 2. The molecule has 9 rings (SSSR count). The van der Waals surface area contributed by atoms with Gasteiger partial charge in [-0.3, -0.25) is 23.9 Å². The number of hydrogen-bond acceptors (Lipinski definition) is 11. The van der Waals surface area contributed by atoms with Crippen molar-refractivity contribution in [1.82, 2.24) is 9.78 Å². The summed E-state index contributed by atoms with van der Waals surface area (Å²) < 4.78 is 13.7. The number of ether oxygens (including phenoxy) is 2. The van der Waals surface area contributed by atoms with Gasteiger partial charge in [0, 0.05) is 52.5 Å². The van der Waals surface area contributed by atoms with Crippen LogP contribution in [0.1, 0.15) is 47.2 Å². The average molecular weight is 837 g/mol. The van der Waals surface area contributed by atoms with Crippen molar-refractivity contribution in [1.29, 1.82) is 0 Å². The van der Waals surface area contributed by atoms with Crippen LogP contribution in [-0.4, -0.2) is 68.9 Å². The largest absolute Gasteiger partial charge is 0.507 e. The number of nitrogens with zero attached hydrogens (tertiary/aromatic N) is 4. The molecule has 0 spiro atoms. The van der Waals surface area contributed by atoms with Gasteiger partial charge in [-0.2, -0.15) is 5.10 Å². The first kappa shape index (κ1) is 38.3. The number of aromatic carboxylic acids is 1. The van der Waals surface area contributed by atoms with Gasteiger partial charge in [0.05, 0.1) is 48.0 Å². The molecule has 6 atom stereocenters. The van der Waals surface area contributed by atoms with Crippen molar-refractivity contribution in [2.45, 2.75) is 32.6 Å². The number of aromatic hydroxyl groups is 2. The van der Waals surface area contributed by atoms with E-state index in [1.54, 1.807) is 26.1 Å². The van der Waals surface area contributed by atoms with E-state index in [4.69, 9.17) is 26.2 Å². The number of thiophene rings is 1. The molecule has 59 heavy (non-hydrogen) atoms. The minimum Gasteiger partial charge on any atom is -0.507 e. The SMILES string of the molecule is COc1cc(O)c(C2C3=CCC4C(=O)N(c5ccc(C(=O)O)c(O)c5)C(=O)C4C3CC3C(=O)N(c4cc(-c5sc6ccc(Cl)cc6c5C)nn4C)C(=O)C32C)c(OC)c1. The molecule has 6 unspecified atom stereocenters. The first-order chi connectivity index (χ1) is 28.1. The highest BCUT2D eigenvalue weighted by Gasteiger charge is 2.68. The van der Waals surface area contributed by atoms with Gasteiger partial charge < -0.3 is 24.8 Å². The highest BCUT2D eigenvalue weighted by Crippen LogP contribution is 2.66. The molecule has 4 amide bonds. The fraction of sp³-hybridized carbons (Fsp3) is 0.302. The third kappa shape index (κ3) is 5.36. The van der Waals surface area contributed by atoms with Gasteiger partial charge in [0.2, 0.25) is 23.6 Å². The number of methoxy groups -OCH3 is 2. The van der Waals surface area contributed by atoms with E-state index in [1.807, 2.05) is 31.2 Å². The van der Waals surface area contributed by atoms with E-state index in [-0.39, 0.29) is 47.2 Å². The number of benzene rings is 3. The van der Waals surface area contributed by atoms with E-state index < -0.39 is 75.9 Å². The number of carboxylic acid groups (broad SMARTS) is 1. The number of hydrogen-bond donors (Lipinski definition) is 3. The Hall–Kier alpha value is -6.19. The van der Waals surface area contributed by atoms with Crippen LogP contribution >= 0.6 is 22.9 Å². The highest BCUT2D eigenvalue weighted by atomic mass is 35.5. The van der Waals surface area contributed by atoms with Gasteiger partial charge in [0.15, 0.2) is 0 Å². The zero-order chi connectivity index (χ0) is 42.0. The molecule has 2 aliphatic heterocycles. The maximum atomic E-state index is 15.3. The van der Waals surface area contributed by atoms with Gasteiger partial charge in [0.1, 0.15) is 40.1 Å². The number of carbonyl (C=O) groups excluding carboxylic acids is 4. The van der Waals surface area contributed by atoms with Crippen molar-refractivity contribution in [2.75, 3.05) is 24.0 Å². The molecule has 1 saturated carbocycles. The van der Waals surface area contributed by atoms with E-state index in [1.165, 1.54) is 42.4 Å². The smallest absolute Gasteiger partial charge is 0.339 e. The lowest BCUT2D eigenvalue weighted by atomic mass is 9.51. The van der Waals surface area contributed by atoms with E-state index in [0.717, 1.165) is 42.5 Å². The number of aromatic nitrogens is 2. The van der Waals surface area contributed by atoms with Gasteiger partial charge in [-0.15, -0.1) is 11.3 Å². The minimum atomic E-state index is -1.52. The number of amides is 4. The van der Waals surface area contributed by atoms with Crippen LogP contribution in [0.2, 0.25) is 5.02 Å². The number of fused-ring (bicyclic) bond motifs is 5. The summed E-state index contributed by atoms with van der Waals surface area (Å²) >= 11 is 7.83. The molecule has 302 valence electrons. The third-order valence-corrected chi connectivity index (χ3v) is 14.3. The fourth-order valence-electron chi connectivity index (χ4n) is 10.0. The van der Waals surface area contributed by atoms with Crippen molar-refractivity contribution in [2.24, 2.45) is 36.1 Å². The second kappa shape index (κ2) is 13.4. The number of phenols is 2. The number of halogens is 1. The number of carbonyl (C=O) groups is 5. The number of phenolic OH excluding ortho intramolecular Hbond substituents is 1. The van der Waals surface area contributed by atoms with Crippen LogP contribution in [0.15, 0.2) is 66.2 Å². The maximum absolute atomic E-state index is 15.3. The van der Waals surface area contributed by atoms with Gasteiger partial charge in [-0.05, 0) is 73.9 Å². The average Bonchev–Trinajstić information content (AvgIpc) is 3.87. The number of rotatable bonds is 7. The standard InChI is InChI=1S/C43H37ClN4O10S/c1-18-25-12-19(44)6-11-32(25)59-37(18)28-17-33(46(3)45-28)48-39(52)27-16-26-22(36(43(27,2)42(48)56)35-30(50)14-21(57-4)15-31(35)58-5)9-10-24-34(26)40(53)47(38(24)51)20-7-8-23(41(54)55)29(49)13-20/h6-9,11-15,17,24,26-27,34,36,49-50H,10,16H2,1-5H3,(H,54,55). The normalized spacial score (nSPS) is 25.0. The summed E-state index contributed by atoms with van der Waals surface area (Å²) in [5, 5.41) is 38.0. The van der Waals surface area contributed by atoms with Crippen molar-refractivity contribution >= 4 is 74.1 Å². The number of carboxylic acids is 1. The quantitative estimate of drug-likeness (QED) is 0.115. The molecule has 0 bridgehead atoms. The summed E-state index contributed by atoms with van der Waals surface area (Å²) in [6.07, 6.45) is 1.96. The Labute approximate surface area is 345 Å². The molecule has 4 heterocycles. The topological polar surface area (TPSA) is 189 Å². The van der Waals surface area contributed by atoms with Crippen LogP contribution < -0.4 is 19.3 Å². The third-order valence-electron chi connectivity index (χ3n) is 12.8. The molecule has 2 saturated heterocycles. The second-order valence-corrected chi connectivity index (χ2v) is 17.1. The lowest BCUT2D eigenvalue weighted by Crippen LogP contribution is -2.49. The van der Waals surface area contributed by atoms with Crippen molar-refractivity contribution in [3.63, 3.8) is 0 Å². The summed E-state index contributed by atoms with van der Waals surface area (Å²) in [6, 6.07) is 13.8. The Balaban J connectivity index is 1.17. The molecule has 3 aromatic carbocycles. The van der Waals surface area contributed by atoms with Gasteiger partial charge in [-0.25, -0.2) is 14.6 Å². The maximum Gasteiger partial charge on any atom is 0.339 e. The van der Waals surface area contributed by atoms with Crippen LogP contribution in [0.3, 0.4) is 0 Å². The molecule has 2 aromatic heterocycles. The first-order valence-corrected chi connectivity index (χ1v) is 20.0. The van der Waals surface area contributed by atoms with E-state index in [0.29, 0.717) is 16.3 Å². The predicted octanol–water partition coefficient (Wildman–Crippen LogP) is 6.83. The second-order valence-electron chi connectivity index (χ2n) is 15.7. The summed E-state index contributed by atoms with van der Waals surface area (Å²) in [6.45, 7) is 3.67. The Bertz CT molecular complexity index is 2760. The van der Waals surface area contributed by atoms with Crippen molar-refractivity contribution < 1.29 is 48.8 Å². The van der Waals surface area contributed by atoms with Crippen LogP contribution in [0, 0.1) is 36.0 Å². The summed E-state index contributed by atoms with van der Waals surface area (Å²) in [4.78, 5) is 73.5. The zero-order valence-corrected chi connectivity index (χ0v) is 33.9.